The number of carbonyl (C=O) groups is 1. The molecule has 2 aliphatic rings. The highest BCUT2D eigenvalue weighted by Gasteiger charge is 2.36. The molecule has 2 heterocycles. The first-order chi connectivity index (χ1) is 11.3. The van der Waals surface area contributed by atoms with E-state index < -0.39 is 0 Å². The van der Waals surface area contributed by atoms with Crippen molar-refractivity contribution in [2.75, 3.05) is 26.2 Å². The van der Waals surface area contributed by atoms with Crippen LogP contribution in [0, 0.1) is 0 Å². The number of nitrogens with zero attached hydrogens (tertiary/aromatic N) is 1. The molecule has 2 N–H and O–H groups in total. The largest absolute Gasteiger partial charge is 0.375 e. The molecule has 1 aromatic rings. The number of urea groups is 1. The number of hydrogen-bond donors (Lipinski definition) is 2. The van der Waals surface area contributed by atoms with Gasteiger partial charge in [-0.25, -0.2) is 4.79 Å². The molecule has 0 aliphatic carbocycles. The summed E-state index contributed by atoms with van der Waals surface area (Å²) in [7, 11) is 0. The normalized spacial score (nSPS) is 24.2. The molecule has 126 valence electrons. The van der Waals surface area contributed by atoms with Crippen molar-refractivity contribution in [3.8, 4) is 0 Å². The Labute approximate surface area is 138 Å². The summed E-state index contributed by atoms with van der Waals surface area (Å²) in [6, 6.07) is 10.9. The molecule has 2 saturated heterocycles. The zero-order chi connectivity index (χ0) is 15.9. The van der Waals surface area contributed by atoms with Gasteiger partial charge < -0.3 is 15.4 Å². The van der Waals surface area contributed by atoms with Gasteiger partial charge in [0.15, 0.2) is 0 Å². The highest BCUT2D eigenvalue weighted by atomic mass is 16.5. The van der Waals surface area contributed by atoms with E-state index in [0.29, 0.717) is 31.8 Å². The molecule has 2 fully saturated rings. The molecule has 0 saturated carbocycles. The van der Waals surface area contributed by atoms with Crippen LogP contribution in [0.2, 0.25) is 0 Å². The summed E-state index contributed by atoms with van der Waals surface area (Å²) in [5.41, 5.74) is 1.15. The van der Waals surface area contributed by atoms with Gasteiger partial charge in [0.25, 0.3) is 0 Å². The maximum Gasteiger partial charge on any atom is 0.315 e. The second-order valence-electron chi connectivity index (χ2n) is 6.43. The number of amides is 2. The van der Waals surface area contributed by atoms with Crippen LogP contribution in [-0.2, 0) is 11.3 Å². The Hall–Kier alpha value is -1.59. The van der Waals surface area contributed by atoms with Crippen LogP contribution in [0.1, 0.15) is 31.2 Å². The highest BCUT2D eigenvalue weighted by molar-refractivity contribution is 5.74. The number of hydrogen-bond acceptors (Lipinski definition) is 3. The van der Waals surface area contributed by atoms with Crippen molar-refractivity contribution in [2.24, 2.45) is 0 Å². The third-order valence-electron chi connectivity index (χ3n) is 4.82. The van der Waals surface area contributed by atoms with Crippen molar-refractivity contribution in [1.82, 2.24) is 15.5 Å². The molecule has 5 nitrogen and oxygen atoms in total. The summed E-state index contributed by atoms with van der Waals surface area (Å²) in [6.45, 7) is 3.97. The second kappa shape index (κ2) is 8.31. The van der Waals surface area contributed by atoms with E-state index in [2.05, 4.69) is 15.5 Å². The third-order valence-corrected chi connectivity index (χ3v) is 4.82. The minimum atomic E-state index is -0.0641. The Kier molecular flexibility index (Phi) is 5.88. The van der Waals surface area contributed by atoms with Crippen LogP contribution in [0.5, 0.6) is 0 Å². The summed E-state index contributed by atoms with van der Waals surface area (Å²) < 4.78 is 5.58. The van der Waals surface area contributed by atoms with E-state index >= 15 is 0 Å². The van der Waals surface area contributed by atoms with Crippen LogP contribution in [0.3, 0.4) is 0 Å². The zero-order valence-corrected chi connectivity index (χ0v) is 13.7. The standard InChI is InChI=1S/C18H27N3O2/c22-18(19-10-13-23-14-15-6-2-1-3-7-15)20-16-9-12-21-11-5-4-8-17(16)21/h1-3,6-7,16-17H,4-5,8-14H2,(H2,19,20,22). The number of nitrogens with one attached hydrogen (secondary N) is 2. The summed E-state index contributed by atoms with van der Waals surface area (Å²) in [5, 5.41) is 6.04. The zero-order valence-electron chi connectivity index (χ0n) is 13.7. The molecule has 0 radical (unpaired) electrons. The molecule has 1 aromatic carbocycles. The Balaban J connectivity index is 1.29. The average molecular weight is 317 g/mol. The second-order valence-corrected chi connectivity index (χ2v) is 6.43. The molecular formula is C18H27N3O2. The van der Waals surface area contributed by atoms with Crippen molar-refractivity contribution in [3.05, 3.63) is 35.9 Å². The van der Waals surface area contributed by atoms with Crippen molar-refractivity contribution in [1.29, 1.82) is 0 Å². The minimum absolute atomic E-state index is 0.0641. The average Bonchev–Trinajstić information content (AvgIpc) is 2.99. The van der Waals surface area contributed by atoms with E-state index in [-0.39, 0.29) is 6.03 Å². The van der Waals surface area contributed by atoms with E-state index in [0.717, 1.165) is 18.5 Å². The molecule has 2 aliphatic heterocycles. The Bertz CT molecular complexity index is 494. The van der Waals surface area contributed by atoms with Gasteiger partial charge in [-0.1, -0.05) is 36.8 Å². The van der Waals surface area contributed by atoms with Crippen molar-refractivity contribution < 1.29 is 9.53 Å². The van der Waals surface area contributed by atoms with E-state index in [1.165, 1.54) is 25.8 Å². The quantitative estimate of drug-likeness (QED) is 0.790. The molecule has 0 aromatic heterocycles. The van der Waals surface area contributed by atoms with Crippen LogP contribution in [-0.4, -0.2) is 49.3 Å². The van der Waals surface area contributed by atoms with Crippen LogP contribution in [0.4, 0.5) is 4.79 Å². The van der Waals surface area contributed by atoms with E-state index in [1.807, 2.05) is 30.3 Å². The Morgan fingerprint density at radius 2 is 2.04 bits per heavy atom. The highest BCUT2D eigenvalue weighted by Crippen LogP contribution is 2.26. The molecule has 2 unspecified atom stereocenters. The molecule has 2 amide bonds. The van der Waals surface area contributed by atoms with Gasteiger partial charge in [-0.3, -0.25) is 4.90 Å². The van der Waals surface area contributed by atoms with Gasteiger partial charge in [0.05, 0.1) is 13.2 Å². The van der Waals surface area contributed by atoms with Crippen molar-refractivity contribution in [3.63, 3.8) is 0 Å². The SMILES string of the molecule is O=C(NCCOCc1ccccc1)NC1CCN2CCCCC12. The first-order valence-electron chi connectivity index (χ1n) is 8.73. The molecular weight excluding hydrogens is 290 g/mol. The van der Waals surface area contributed by atoms with E-state index in [4.69, 9.17) is 4.74 Å². The summed E-state index contributed by atoms with van der Waals surface area (Å²) in [5.74, 6) is 0. The van der Waals surface area contributed by atoms with Gasteiger partial charge in [0.1, 0.15) is 0 Å². The van der Waals surface area contributed by atoms with E-state index in [1.54, 1.807) is 0 Å². The topological polar surface area (TPSA) is 53.6 Å². The summed E-state index contributed by atoms with van der Waals surface area (Å²) in [4.78, 5) is 14.5. The molecule has 0 bridgehead atoms. The molecule has 0 spiro atoms. The first kappa shape index (κ1) is 16.3. The van der Waals surface area contributed by atoms with Crippen LogP contribution in [0.15, 0.2) is 30.3 Å². The Morgan fingerprint density at radius 3 is 2.91 bits per heavy atom. The number of rotatable bonds is 6. The smallest absolute Gasteiger partial charge is 0.315 e. The summed E-state index contributed by atoms with van der Waals surface area (Å²) in [6.07, 6.45) is 4.87. The number of benzene rings is 1. The van der Waals surface area contributed by atoms with Crippen LogP contribution in [0.25, 0.3) is 0 Å². The van der Waals surface area contributed by atoms with Gasteiger partial charge in [0.2, 0.25) is 0 Å². The van der Waals surface area contributed by atoms with Gasteiger partial charge in [-0.2, -0.15) is 0 Å². The molecule has 5 heteroatoms. The van der Waals surface area contributed by atoms with Crippen molar-refractivity contribution in [2.45, 2.75) is 44.4 Å². The number of piperidine rings is 1. The van der Waals surface area contributed by atoms with Gasteiger partial charge in [0, 0.05) is 25.2 Å². The predicted octanol–water partition coefficient (Wildman–Crippen LogP) is 2.13. The lowest BCUT2D eigenvalue weighted by atomic mass is 9.99. The maximum atomic E-state index is 12.0. The molecule has 2 atom stereocenters. The fraction of sp³-hybridized carbons (Fsp3) is 0.611. The monoisotopic (exact) mass is 317 g/mol. The van der Waals surface area contributed by atoms with Crippen LogP contribution < -0.4 is 10.6 Å². The number of carbonyl (C=O) groups excluding carboxylic acids is 1. The lowest BCUT2D eigenvalue weighted by Crippen LogP contribution is -2.50. The number of ether oxygens (including phenoxy) is 1. The van der Waals surface area contributed by atoms with Gasteiger partial charge in [-0.05, 0) is 31.4 Å². The number of fused-ring (bicyclic) bond motifs is 1. The molecule has 3 rings (SSSR count). The van der Waals surface area contributed by atoms with Gasteiger partial charge in [-0.15, -0.1) is 0 Å². The lowest BCUT2D eigenvalue weighted by molar-refractivity contribution is 0.123. The maximum absolute atomic E-state index is 12.0. The van der Waals surface area contributed by atoms with Crippen LogP contribution >= 0.6 is 0 Å². The first-order valence-corrected chi connectivity index (χ1v) is 8.73. The Morgan fingerprint density at radius 1 is 1.17 bits per heavy atom. The minimum Gasteiger partial charge on any atom is -0.375 e. The van der Waals surface area contributed by atoms with Crippen molar-refractivity contribution >= 4 is 6.03 Å². The fourth-order valence-electron chi connectivity index (χ4n) is 3.64. The summed E-state index contributed by atoms with van der Waals surface area (Å²) >= 11 is 0. The lowest BCUT2D eigenvalue weighted by Gasteiger charge is -2.32. The van der Waals surface area contributed by atoms with Gasteiger partial charge >= 0.3 is 6.03 Å². The fourth-order valence-corrected chi connectivity index (χ4v) is 3.64. The molecule has 23 heavy (non-hydrogen) atoms. The van der Waals surface area contributed by atoms with E-state index in [9.17, 15) is 4.79 Å². The third kappa shape index (κ3) is 4.69. The predicted molar refractivity (Wildman–Crippen MR) is 90.2 cm³/mol.